The smallest absolute Gasteiger partial charge is 0.545 e. The molecule has 0 aromatic heterocycles. The van der Waals surface area contributed by atoms with E-state index >= 15 is 0 Å². The molecule has 4 nitrogen and oxygen atoms in total. The summed E-state index contributed by atoms with van der Waals surface area (Å²) < 4.78 is 10.4. The molecule has 0 aliphatic carbocycles. The number of carboxylic acids is 1. The van der Waals surface area contributed by atoms with E-state index in [-0.39, 0.29) is 58.2 Å². The van der Waals surface area contributed by atoms with Crippen LogP contribution in [0, 0.1) is 0 Å². The topological polar surface area (TPSA) is 58.6 Å². The molecule has 2 rings (SSSR count). The van der Waals surface area contributed by atoms with Crippen LogP contribution in [0.5, 0.6) is 11.5 Å². The molecule has 17 heavy (non-hydrogen) atoms. The van der Waals surface area contributed by atoms with Crippen molar-refractivity contribution in [2.45, 2.75) is 0 Å². The number of aliphatic carboxylic acids is 1. The Bertz CT molecular complexity index is 466. The minimum absolute atomic E-state index is 0. The second kappa shape index (κ2) is 6.98. The molecule has 1 aromatic rings. The zero-order valence-electron chi connectivity index (χ0n) is 9.38. The van der Waals surface area contributed by atoms with Gasteiger partial charge in [-0.3, -0.25) is 0 Å². The Balaban J connectivity index is 0.00000144. The van der Waals surface area contributed by atoms with E-state index in [9.17, 15) is 9.90 Å². The number of carbonyl (C=O) groups is 1. The first-order chi connectivity index (χ1) is 7.75. The maximum atomic E-state index is 10.1. The van der Waals surface area contributed by atoms with Crippen molar-refractivity contribution < 1.29 is 70.8 Å². The van der Waals surface area contributed by atoms with Gasteiger partial charge in [0.2, 0.25) is 6.79 Å². The minimum atomic E-state index is -1.21. The molecule has 0 radical (unpaired) electrons. The van der Waals surface area contributed by atoms with Crippen molar-refractivity contribution in [1.82, 2.24) is 0 Å². The molecule has 1 heterocycles. The van der Waals surface area contributed by atoms with E-state index in [4.69, 9.17) is 9.47 Å². The molecule has 82 valence electrons. The second-order valence-electron chi connectivity index (χ2n) is 3.15. The summed E-state index contributed by atoms with van der Waals surface area (Å²) in [6, 6.07) is 5.49. The number of allylic oxidation sites excluding steroid dienone is 2. The van der Waals surface area contributed by atoms with Gasteiger partial charge in [0.25, 0.3) is 0 Å². The monoisotopic (exact) mass is 256 g/mol. The van der Waals surface area contributed by atoms with E-state index in [1.165, 1.54) is 6.08 Å². The molecule has 0 saturated carbocycles. The van der Waals surface area contributed by atoms with Crippen LogP contribution in [-0.2, 0) is 4.79 Å². The van der Waals surface area contributed by atoms with Crippen LogP contribution >= 0.6 is 0 Å². The molecule has 0 N–H and O–H groups in total. The molecule has 0 saturated heterocycles. The number of fused-ring (bicyclic) bond motifs is 1. The van der Waals surface area contributed by atoms with Crippen LogP contribution in [0.25, 0.3) is 6.08 Å². The number of benzene rings is 1. The number of ether oxygens (including phenoxy) is 2. The number of carbonyl (C=O) groups excluding carboxylic acids is 1. The molecule has 1 aliphatic rings. The molecular weight excluding hydrogens is 247 g/mol. The van der Waals surface area contributed by atoms with Gasteiger partial charge < -0.3 is 19.4 Å². The van der Waals surface area contributed by atoms with Crippen LogP contribution in [0.4, 0.5) is 0 Å². The number of hydrogen-bond donors (Lipinski definition) is 0. The first kappa shape index (κ1) is 14.5. The Morgan fingerprint density at radius 1 is 1.24 bits per heavy atom. The predicted molar refractivity (Wildman–Crippen MR) is 55.7 cm³/mol. The molecule has 0 spiro atoms. The Labute approximate surface area is 141 Å². The first-order valence-electron chi connectivity index (χ1n) is 4.71. The zero-order valence-corrected chi connectivity index (χ0v) is 12.5. The fourth-order valence-electron chi connectivity index (χ4n) is 1.32. The van der Waals surface area contributed by atoms with Gasteiger partial charge in [-0.1, -0.05) is 24.3 Å². The van der Waals surface area contributed by atoms with E-state index in [1.807, 2.05) is 18.2 Å². The fraction of sp³-hybridized carbons (Fsp3) is 0.0833. The maximum Gasteiger partial charge on any atom is 1.00 e. The first-order valence-corrected chi connectivity index (χ1v) is 4.71. The van der Waals surface area contributed by atoms with Crippen molar-refractivity contribution in [1.29, 1.82) is 0 Å². The summed E-state index contributed by atoms with van der Waals surface area (Å²) in [7, 11) is 0. The van der Waals surface area contributed by atoms with Gasteiger partial charge in [-0.25, -0.2) is 0 Å². The Morgan fingerprint density at radius 2 is 2.00 bits per heavy atom. The van der Waals surface area contributed by atoms with Crippen molar-refractivity contribution >= 4 is 12.0 Å². The van der Waals surface area contributed by atoms with Crippen LogP contribution < -0.4 is 66.0 Å². The quantitative estimate of drug-likeness (QED) is 0.348. The third kappa shape index (κ3) is 4.29. The summed E-state index contributed by atoms with van der Waals surface area (Å²) >= 11 is 0. The molecule has 1 aliphatic heterocycles. The van der Waals surface area contributed by atoms with Crippen LogP contribution in [0.2, 0.25) is 0 Å². The minimum Gasteiger partial charge on any atom is -0.545 e. The Kier molecular flexibility index (Phi) is 5.94. The van der Waals surface area contributed by atoms with Gasteiger partial charge in [-0.2, -0.15) is 0 Å². The van der Waals surface area contributed by atoms with E-state index in [0.717, 1.165) is 17.4 Å². The zero-order chi connectivity index (χ0) is 11.4. The van der Waals surface area contributed by atoms with Gasteiger partial charge in [0.05, 0.1) is 5.97 Å². The summed E-state index contributed by atoms with van der Waals surface area (Å²) in [6.07, 6.45) is 5.75. The average Bonchev–Trinajstić information content (AvgIpc) is 2.71. The van der Waals surface area contributed by atoms with Crippen LogP contribution in [0.3, 0.4) is 0 Å². The van der Waals surface area contributed by atoms with E-state index in [1.54, 1.807) is 12.2 Å². The number of hydrogen-bond acceptors (Lipinski definition) is 4. The van der Waals surface area contributed by atoms with Gasteiger partial charge in [0.15, 0.2) is 11.5 Å². The van der Waals surface area contributed by atoms with Crippen molar-refractivity contribution in [2.75, 3.05) is 6.79 Å². The third-order valence-corrected chi connectivity index (χ3v) is 2.03. The third-order valence-electron chi connectivity index (χ3n) is 2.03. The van der Waals surface area contributed by atoms with Gasteiger partial charge in [0.1, 0.15) is 0 Å². The summed E-state index contributed by atoms with van der Waals surface area (Å²) in [5, 5.41) is 10.1. The van der Waals surface area contributed by atoms with E-state index < -0.39 is 5.97 Å². The number of rotatable bonds is 3. The molecule has 0 amide bonds. The molecule has 0 atom stereocenters. The average molecular weight is 256 g/mol. The summed E-state index contributed by atoms with van der Waals surface area (Å²) in [6.45, 7) is 0.243. The van der Waals surface area contributed by atoms with Crippen LogP contribution in [-0.4, -0.2) is 12.8 Å². The fourth-order valence-corrected chi connectivity index (χ4v) is 1.32. The van der Waals surface area contributed by atoms with Crippen molar-refractivity contribution in [3.8, 4) is 11.5 Å². The van der Waals surface area contributed by atoms with E-state index in [0.29, 0.717) is 5.75 Å². The van der Waals surface area contributed by atoms with Crippen molar-refractivity contribution in [3.05, 3.63) is 42.0 Å². The second-order valence-corrected chi connectivity index (χ2v) is 3.15. The molecule has 0 unspecified atom stereocenters. The molecule has 0 fully saturated rings. The summed E-state index contributed by atoms with van der Waals surface area (Å²) in [4.78, 5) is 10.1. The molecule has 5 heteroatoms. The summed E-state index contributed by atoms with van der Waals surface area (Å²) in [5.74, 6) is 0.212. The Morgan fingerprint density at radius 3 is 2.76 bits per heavy atom. The van der Waals surface area contributed by atoms with Crippen LogP contribution in [0.15, 0.2) is 36.4 Å². The van der Waals surface area contributed by atoms with Crippen LogP contribution in [0.1, 0.15) is 5.56 Å². The molecule has 0 bridgehead atoms. The van der Waals surface area contributed by atoms with Crippen molar-refractivity contribution in [2.24, 2.45) is 0 Å². The SMILES string of the molecule is O=C([O-])C=CC=Cc1ccc2c(c1)OCO2.[K+]. The van der Waals surface area contributed by atoms with Gasteiger partial charge in [0, 0.05) is 0 Å². The Hall–Kier alpha value is -0.594. The normalized spacial score (nSPS) is 12.9. The molecule has 1 aromatic carbocycles. The molecular formula is C12H9KO4. The predicted octanol–water partition coefficient (Wildman–Crippen LogP) is -2.26. The van der Waals surface area contributed by atoms with Crippen molar-refractivity contribution in [3.63, 3.8) is 0 Å². The van der Waals surface area contributed by atoms with Gasteiger partial charge in [-0.15, -0.1) is 0 Å². The van der Waals surface area contributed by atoms with E-state index in [2.05, 4.69) is 0 Å². The standard InChI is InChI=1S/C12H10O4.K/c13-12(14)4-2-1-3-9-5-6-10-11(7-9)16-8-15-10;/h1-7H,8H2,(H,13,14);/q;+1/p-1. The largest absolute Gasteiger partial charge is 1.00 e. The summed E-state index contributed by atoms with van der Waals surface area (Å²) in [5.41, 5.74) is 0.909. The van der Waals surface area contributed by atoms with Gasteiger partial charge in [-0.05, 0) is 23.8 Å². The van der Waals surface area contributed by atoms with Gasteiger partial charge >= 0.3 is 51.4 Å². The number of carboxylic acid groups (broad SMARTS) is 1. The maximum absolute atomic E-state index is 10.1.